The first-order valence-corrected chi connectivity index (χ1v) is 5.54. The molecule has 2 fully saturated rings. The molecular weight excluding hydrogens is 160 g/mol. The van der Waals surface area contributed by atoms with Crippen molar-refractivity contribution in [1.82, 2.24) is 4.90 Å². The summed E-state index contributed by atoms with van der Waals surface area (Å²) in [5.74, 6) is 0.360. The Balaban J connectivity index is 1.81. The lowest BCUT2D eigenvalue weighted by Crippen LogP contribution is -2.35. The van der Waals surface area contributed by atoms with Crippen LogP contribution >= 0.6 is 0 Å². The molecule has 0 unspecified atom stereocenters. The first-order chi connectivity index (χ1) is 6.40. The molecule has 2 aliphatic rings. The van der Waals surface area contributed by atoms with Crippen LogP contribution in [0.5, 0.6) is 0 Å². The Hall–Kier alpha value is -0.550. The van der Waals surface area contributed by atoms with Gasteiger partial charge in [-0.2, -0.15) is 5.26 Å². The van der Waals surface area contributed by atoms with Gasteiger partial charge in [0.1, 0.15) is 0 Å². The maximum absolute atomic E-state index is 8.78. The molecule has 2 rings (SSSR count). The van der Waals surface area contributed by atoms with Gasteiger partial charge >= 0.3 is 0 Å². The Labute approximate surface area is 80.5 Å². The van der Waals surface area contributed by atoms with Crippen LogP contribution in [0.15, 0.2) is 0 Å². The van der Waals surface area contributed by atoms with Crippen LogP contribution in [0.25, 0.3) is 0 Å². The van der Waals surface area contributed by atoms with Gasteiger partial charge in [0.2, 0.25) is 0 Å². The zero-order valence-electron chi connectivity index (χ0n) is 8.21. The standard InChI is InChI=1S/C11H18N2/c12-9-10-3-5-11(6-4-10)13-7-1-2-8-13/h10-11H,1-8H2. The minimum absolute atomic E-state index is 0.360. The lowest BCUT2D eigenvalue weighted by atomic mass is 9.86. The molecule has 0 spiro atoms. The molecule has 1 heterocycles. The van der Waals surface area contributed by atoms with E-state index in [9.17, 15) is 0 Å². The van der Waals surface area contributed by atoms with Crippen molar-refractivity contribution in [3.05, 3.63) is 0 Å². The van der Waals surface area contributed by atoms with E-state index in [-0.39, 0.29) is 0 Å². The third kappa shape index (κ3) is 2.03. The number of nitriles is 1. The molecule has 1 aliphatic heterocycles. The van der Waals surface area contributed by atoms with Gasteiger partial charge in [0.15, 0.2) is 0 Å². The summed E-state index contributed by atoms with van der Waals surface area (Å²) in [7, 11) is 0. The van der Waals surface area contributed by atoms with Crippen LogP contribution in [0.2, 0.25) is 0 Å². The fourth-order valence-electron chi connectivity index (χ4n) is 2.68. The van der Waals surface area contributed by atoms with Crippen LogP contribution in [-0.4, -0.2) is 24.0 Å². The molecule has 13 heavy (non-hydrogen) atoms. The highest BCUT2D eigenvalue weighted by Gasteiger charge is 2.26. The molecule has 0 aromatic heterocycles. The topological polar surface area (TPSA) is 27.0 Å². The Morgan fingerprint density at radius 3 is 2.15 bits per heavy atom. The summed E-state index contributed by atoms with van der Waals surface area (Å²) >= 11 is 0. The largest absolute Gasteiger partial charge is 0.300 e. The van der Waals surface area contributed by atoms with Gasteiger partial charge < -0.3 is 4.90 Å². The van der Waals surface area contributed by atoms with Gasteiger partial charge in [0.05, 0.1) is 6.07 Å². The minimum atomic E-state index is 0.360. The summed E-state index contributed by atoms with van der Waals surface area (Å²) in [6.07, 6.45) is 7.57. The van der Waals surface area contributed by atoms with Gasteiger partial charge in [-0.3, -0.25) is 0 Å². The highest BCUT2D eigenvalue weighted by molar-refractivity contribution is 4.90. The molecular formula is C11H18N2. The molecule has 1 aliphatic carbocycles. The highest BCUT2D eigenvalue weighted by Crippen LogP contribution is 2.28. The average molecular weight is 178 g/mol. The van der Waals surface area contributed by atoms with Gasteiger partial charge in [-0.1, -0.05) is 0 Å². The molecule has 0 aromatic carbocycles. The Morgan fingerprint density at radius 2 is 1.62 bits per heavy atom. The van der Waals surface area contributed by atoms with E-state index in [1.807, 2.05) is 0 Å². The van der Waals surface area contributed by atoms with E-state index in [0.29, 0.717) is 5.92 Å². The van der Waals surface area contributed by atoms with Gasteiger partial charge in [0, 0.05) is 12.0 Å². The number of likely N-dealkylation sites (tertiary alicyclic amines) is 1. The second-order valence-corrected chi connectivity index (χ2v) is 4.38. The summed E-state index contributed by atoms with van der Waals surface area (Å²) in [4.78, 5) is 2.63. The maximum Gasteiger partial charge on any atom is 0.0655 e. The average Bonchev–Trinajstić information content (AvgIpc) is 2.71. The Bertz CT molecular complexity index is 193. The molecule has 0 radical (unpaired) electrons. The quantitative estimate of drug-likeness (QED) is 0.615. The molecule has 1 saturated carbocycles. The van der Waals surface area contributed by atoms with Crippen molar-refractivity contribution >= 4 is 0 Å². The molecule has 1 saturated heterocycles. The lowest BCUT2D eigenvalue weighted by molar-refractivity contribution is 0.178. The van der Waals surface area contributed by atoms with E-state index >= 15 is 0 Å². The second-order valence-electron chi connectivity index (χ2n) is 4.38. The van der Waals surface area contributed by atoms with Crippen LogP contribution in [0, 0.1) is 17.2 Å². The summed E-state index contributed by atoms with van der Waals surface area (Å²) < 4.78 is 0. The molecule has 2 heteroatoms. The van der Waals surface area contributed by atoms with Gasteiger partial charge in [-0.05, 0) is 51.6 Å². The van der Waals surface area contributed by atoms with Crippen molar-refractivity contribution in [3.8, 4) is 6.07 Å². The summed E-state index contributed by atoms with van der Waals surface area (Å²) in [6, 6.07) is 3.21. The van der Waals surface area contributed by atoms with E-state index in [4.69, 9.17) is 5.26 Å². The zero-order chi connectivity index (χ0) is 9.10. The minimum Gasteiger partial charge on any atom is -0.300 e. The summed E-state index contributed by atoms with van der Waals surface area (Å²) in [5.41, 5.74) is 0. The summed E-state index contributed by atoms with van der Waals surface area (Å²) in [5, 5.41) is 8.78. The number of hydrogen-bond donors (Lipinski definition) is 0. The van der Waals surface area contributed by atoms with Crippen molar-refractivity contribution in [2.45, 2.75) is 44.6 Å². The van der Waals surface area contributed by atoms with Crippen LogP contribution in [-0.2, 0) is 0 Å². The normalized spacial score (nSPS) is 35.9. The summed E-state index contributed by atoms with van der Waals surface area (Å²) in [6.45, 7) is 2.61. The van der Waals surface area contributed by atoms with Crippen LogP contribution < -0.4 is 0 Å². The predicted octanol–water partition coefficient (Wildman–Crippen LogP) is 2.16. The number of rotatable bonds is 1. The van der Waals surface area contributed by atoms with Crippen LogP contribution in [0.3, 0.4) is 0 Å². The van der Waals surface area contributed by atoms with Crippen molar-refractivity contribution in [3.63, 3.8) is 0 Å². The van der Waals surface area contributed by atoms with Crippen molar-refractivity contribution in [1.29, 1.82) is 5.26 Å². The molecule has 2 nitrogen and oxygen atoms in total. The van der Waals surface area contributed by atoms with Gasteiger partial charge in [-0.25, -0.2) is 0 Å². The van der Waals surface area contributed by atoms with E-state index in [0.717, 1.165) is 18.9 Å². The number of nitrogens with zero attached hydrogens (tertiary/aromatic N) is 2. The zero-order valence-corrected chi connectivity index (χ0v) is 8.21. The molecule has 0 aromatic rings. The molecule has 0 atom stereocenters. The first-order valence-electron chi connectivity index (χ1n) is 5.54. The Morgan fingerprint density at radius 1 is 1.00 bits per heavy atom. The smallest absolute Gasteiger partial charge is 0.0655 e. The van der Waals surface area contributed by atoms with Gasteiger partial charge in [0.25, 0.3) is 0 Å². The van der Waals surface area contributed by atoms with E-state index in [1.54, 1.807) is 0 Å². The molecule has 0 bridgehead atoms. The predicted molar refractivity (Wildman–Crippen MR) is 52.2 cm³/mol. The second kappa shape index (κ2) is 4.11. The van der Waals surface area contributed by atoms with Crippen molar-refractivity contribution in [2.24, 2.45) is 5.92 Å². The monoisotopic (exact) mass is 178 g/mol. The molecule has 72 valence electrons. The van der Waals surface area contributed by atoms with E-state index < -0.39 is 0 Å². The molecule has 0 amide bonds. The van der Waals surface area contributed by atoms with Crippen LogP contribution in [0.1, 0.15) is 38.5 Å². The molecule has 0 N–H and O–H groups in total. The van der Waals surface area contributed by atoms with E-state index in [2.05, 4.69) is 11.0 Å². The lowest BCUT2D eigenvalue weighted by Gasteiger charge is -2.32. The third-order valence-electron chi connectivity index (χ3n) is 3.54. The Kier molecular flexibility index (Phi) is 2.85. The SMILES string of the molecule is N#CC1CCC(N2CCCC2)CC1. The van der Waals surface area contributed by atoms with Gasteiger partial charge in [-0.15, -0.1) is 0 Å². The fraction of sp³-hybridized carbons (Fsp3) is 0.909. The van der Waals surface area contributed by atoms with E-state index in [1.165, 1.54) is 38.8 Å². The first kappa shape index (κ1) is 9.02. The fourth-order valence-corrected chi connectivity index (χ4v) is 2.68. The third-order valence-corrected chi connectivity index (χ3v) is 3.54. The van der Waals surface area contributed by atoms with Crippen molar-refractivity contribution in [2.75, 3.05) is 13.1 Å². The highest BCUT2D eigenvalue weighted by atomic mass is 15.2. The maximum atomic E-state index is 8.78. The van der Waals surface area contributed by atoms with Crippen molar-refractivity contribution < 1.29 is 0 Å². The number of hydrogen-bond acceptors (Lipinski definition) is 2. The van der Waals surface area contributed by atoms with Crippen LogP contribution in [0.4, 0.5) is 0 Å².